The van der Waals surface area contributed by atoms with Crippen molar-refractivity contribution in [2.75, 3.05) is 12.0 Å². The molecule has 0 bridgehead atoms. The van der Waals surface area contributed by atoms with Crippen LogP contribution in [0.25, 0.3) is 0 Å². The van der Waals surface area contributed by atoms with Gasteiger partial charge in [-0.25, -0.2) is 4.79 Å². The average molecular weight is 390 g/mol. The van der Waals surface area contributed by atoms with E-state index in [2.05, 4.69) is 15.9 Å². The van der Waals surface area contributed by atoms with Gasteiger partial charge in [0.15, 0.2) is 0 Å². The zero-order chi connectivity index (χ0) is 17.1. The molecule has 0 saturated carbocycles. The van der Waals surface area contributed by atoms with Crippen LogP contribution in [0.1, 0.15) is 24.5 Å². The average Bonchev–Trinajstić information content (AvgIpc) is 2.60. The number of rotatable bonds is 3. The normalized spacial score (nSPS) is 16.5. The first-order valence-electron chi connectivity index (χ1n) is 7.96. The van der Waals surface area contributed by atoms with E-state index in [0.717, 1.165) is 39.9 Å². The fraction of sp³-hybridized carbons (Fsp3) is 0.316. The van der Waals surface area contributed by atoms with E-state index in [1.165, 1.54) is 0 Å². The molecule has 0 fully saturated rings. The molecule has 0 aromatic heterocycles. The standard InChI is InChI=1S/C19H20BrNO3/c1-13-8-9-15-10-18(23-2)16(20)11-17(15)21(13)19(22)24-12-14-6-4-3-5-7-14/h3-7,10-11,13H,8-9,12H2,1-2H3. The van der Waals surface area contributed by atoms with Crippen LogP contribution in [-0.4, -0.2) is 19.2 Å². The maximum absolute atomic E-state index is 12.7. The lowest BCUT2D eigenvalue weighted by Crippen LogP contribution is -2.42. The van der Waals surface area contributed by atoms with Crippen LogP contribution >= 0.6 is 15.9 Å². The maximum atomic E-state index is 12.7. The minimum Gasteiger partial charge on any atom is -0.496 e. The number of hydrogen-bond acceptors (Lipinski definition) is 3. The van der Waals surface area contributed by atoms with Crippen LogP contribution in [0.4, 0.5) is 10.5 Å². The Morgan fingerprint density at radius 3 is 2.75 bits per heavy atom. The van der Waals surface area contributed by atoms with E-state index in [1.807, 2.05) is 49.4 Å². The molecular weight excluding hydrogens is 370 g/mol. The van der Waals surface area contributed by atoms with Gasteiger partial charge in [-0.15, -0.1) is 0 Å². The third-order valence-electron chi connectivity index (χ3n) is 4.29. The summed E-state index contributed by atoms with van der Waals surface area (Å²) < 4.78 is 11.7. The molecule has 0 saturated heterocycles. The highest BCUT2D eigenvalue weighted by atomic mass is 79.9. The third-order valence-corrected chi connectivity index (χ3v) is 4.91. The molecule has 0 spiro atoms. The van der Waals surface area contributed by atoms with E-state index in [4.69, 9.17) is 9.47 Å². The fourth-order valence-electron chi connectivity index (χ4n) is 2.96. The van der Waals surface area contributed by atoms with Crippen LogP contribution in [0.15, 0.2) is 46.9 Å². The van der Waals surface area contributed by atoms with Crippen molar-refractivity contribution in [2.24, 2.45) is 0 Å². The summed E-state index contributed by atoms with van der Waals surface area (Å²) in [7, 11) is 1.64. The molecule has 1 heterocycles. The summed E-state index contributed by atoms with van der Waals surface area (Å²) in [5.74, 6) is 0.779. The van der Waals surface area contributed by atoms with Crippen molar-refractivity contribution in [3.8, 4) is 5.75 Å². The molecule has 3 rings (SSSR count). The molecule has 24 heavy (non-hydrogen) atoms. The van der Waals surface area contributed by atoms with Gasteiger partial charge < -0.3 is 9.47 Å². The molecule has 4 nitrogen and oxygen atoms in total. The second-order valence-electron chi connectivity index (χ2n) is 5.91. The number of carbonyl (C=O) groups is 1. The minimum absolute atomic E-state index is 0.0982. The smallest absolute Gasteiger partial charge is 0.414 e. The van der Waals surface area contributed by atoms with E-state index in [1.54, 1.807) is 12.0 Å². The molecule has 1 atom stereocenters. The number of halogens is 1. The quantitative estimate of drug-likeness (QED) is 0.746. The summed E-state index contributed by atoms with van der Waals surface area (Å²) in [5.41, 5.74) is 2.97. The predicted octanol–water partition coefficient (Wildman–Crippen LogP) is 4.94. The Hall–Kier alpha value is -2.01. The van der Waals surface area contributed by atoms with Crippen LogP contribution in [0.3, 0.4) is 0 Å². The summed E-state index contributed by atoms with van der Waals surface area (Å²) in [5, 5.41) is 0. The van der Waals surface area contributed by atoms with Crippen molar-refractivity contribution in [3.05, 3.63) is 58.1 Å². The third kappa shape index (κ3) is 3.41. The summed E-state index contributed by atoms with van der Waals surface area (Å²) in [6.07, 6.45) is 1.50. The largest absolute Gasteiger partial charge is 0.496 e. The van der Waals surface area contributed by atoms with Gasteiger partial charge in [-0.2, -0.15) is 0 Å². The van der Waals surface area contributed by atoms with Crippen molar-refractivity contribution in [2.45, 2.75) is 32.4 Å². The highest BCUT2D eigenvalue weighted by molar-refractivity contribution is 9.10. The maximum Gasteiger partial charge on any atom is 0.414 e. The number of methoxy groups -OCH3 is 1. The first-order chi connectivity index (χ1) is 11.6. The number of carbonyl (C=O) groups excluding carboxylic acids is 1. The van der Waals surface area contributed by atoms with Crippen LogP contribution in [0.2, 0.25) is 0 Å². The molecule has 0 N–H and O–H groups in total. The molecule has 0 radical (unpaired) electrons. The highest BCUT2D eigenvalue weighted by Gasteiger charge is 2.30. The Labute approximate surface area is 150 Å². The molecule has 1 unspecified atom stereocenters. The number of ether oxygens (including phenoxy) is 2. The number of amides is 1. The van der Waals surface area contributed by atoms with Gasteiger partial charge in [-0.05, 0) is 59.0 Å². The van der Waals surface area contributed by atoms with Gasteiger partial charge in [-0.1, -0.05) is 30.3 Å². The molecule has 1 amide bonds. The molecule has 1 aliphatic heterocycles. The number of aryl methyl sites for hydroxylation is 1. The van der Waals surface area contributed by atoms with Crippen molar-refractivity contribution < 1.29 is 14.3 Å². The monoisotopic (exact) mass is 389 g/mol. The van der Waals surface area contributed by atoms with Gasteiger partial charge >= 0.3 is 6.09 Å². The summed E-state index contributed by atoms with van der Waals surface area (Å²) >= 11 is 3.50. The summed E-state index contributed by atoms with van der Waals surface area (Å²) in [6.45, 7) is 2.32. The Balaban J connectivity index is 1.82. The van der Waals surface area contributed by atoms with Gasteiger partial charge in [0.2, 0.25) is 0 Å². The first kappa shape index (κ1) is 16.8. The molecule has 126 valence electrons. The number of nitrogens with zero attached hydrogens (tertiary/aromatic N) is 1. The van der Waals surface area contributed by atoms with E-state index in [-0.39, 0.29) is 18.7 Å². The van der Waals surface area contributed by atoms with E-state index in [0.29, 0.717) is 0 Å². The topological polar surface area (TPSA) is 38.8 Å². The SMILES string of the molecule is COc1cc2c(cc1Br)N(C(=O)OCc1ccccc1)C(C)CC2. The second-order valence-corrected chi connectivity index (χ2v) is 6.77. The Morgan fingerprint density at radius 2 is 2.04 bits per heavy atom. The van der Waals surface area contributed by atoms with Crippen molar-refractivity contribution >= 4 is 27.7 Å². The van der Waals surface area contributed by atoms with E-state index in [9.17, 15) is 4.79 Å². The lowest BCUT2D eigenvalue weighted by molar-refractivity contribution is 0.144. The fourth-order valence-corrected chi connectivity index (χ4v) is 3.46. The van der Waals surface area contributed by atoms with Gasteiger partial charge in [0, 0.05) is 6.04 Å². The van der Waals surface area contributed by atoms with Gasteiger partial charge in [0.05, 0.1) is 17.3 Å². The molecular formula is C19H20BrNO3. The van der Waals surface area contributed by atoms with Gasteiger partial charge in [-0.3, -0.25) is 4.90 Å². The lowest BCUT2D eigenvalue weighted by atomic mass is 9.97. The minimum atomic E-state index is -0.315. The van der Waals surface area contributed by atoms with Crippen LogP contribution in [-0.2, 0) is 17.8 Å². The molecule has 2 aromatic rings. The molecule has 2 aromatic carbocycles. The van der Waals surface area contributed by atoms with Gasteiger partial charge in [0.25, 0.3) is 0 Å². The second kappa shape index (κ2) is 7.26. The van der Waals surface area contributed by atoms with Gasteiger partial charge in [0.1, 0.15) is 12.4 Å². The first-order valence-corrected chi connectivity index (χ1v) is 8.75. The van der Waals surface area contributed by atoms with Crippen molar-refractivity contribution in [1.82, 2.24) is 0 Å². The summed E-state index contributed by atoms with van der Waals surface area (Å²) in [4.78, 5) is 14.4. The Bertz CT molecular complexity index is 733. The Kier molecular flexibility index (Phi) is 5.09. The zero-order valence-electron chi connectivity index (χ0n) is 13.8. The van der Waals surface area contributed by atoms with E-state index < -0.39 is 0 Å². The summed E-state index contributed by atoms with van der Waals surface area (Å²) in [6, 6.07) is 13.7. The number of benzene rings is 2. The van der Waals surface area contributed by atoms with Crippen LogP contribution in [0, 0.1) is 0 Å². The molecule has 1 aliphatic rings. The molecule has 0 aliphatic carbocycles. The van der Waals surface area contributed by atoms with Crippen LogP contribution < -0.4 is 9.64 Å². The van der Waals surface area contributed by atoms with Crippen LogP contribution in [0.5, 0.6) is 5.75 Å². The predicted molar refractivity (Wildman–Crippen MR) is 97.6 cm³/mol. The zero-order valence-corrected chi connectivity index (χ0v) is 15.4. The number of hydrogen-bond donors (Lipinski definition) is 0. The number of anilines is 1. The lowest BCUT2D eigenvalue weighted by Gasteiger charge is -2.34. The van der Waals surface area contributed by atoms with E-state index >= 15 is 0 Å². The number of fused-ring (bicyclic) bond motifs is 1. The van der Waals surface area contributed by atoms with Crippen molar-refractivity contribution in [3.63, 3.8) is 0 Å². The molecule has 5 heteroatoms. The highest BCUT2D eigenvalue weighted by Crippen LogP contribution is 2.38. The Morgan fingerprint density at radius 1 is 1.29 bits per heavy atom. The van der Waals surface area contributed by atoms with Crippen molar-refractivity contribution in [1.29, 1.82) is 0 Å².